The number of aromatic nitrogens is 6. The van der Waals surface area contributed by atoms with Gasteiger partial charge in [0, 0.05) is 25.5 Å². The second-order valence-corrected chi connectivity index (χ2v) is 15.8. The first-order chi connectivity index (χ1) is 26.9. The van der Waals surface area contributed by atoms with Gasteiger partial charge in [-0.05, 0) is 72.7 Å². The minimum Gasteiger partial charge on any atom is -0.472 e. The van der Waals surface area contributed by atoms with Crippen LogP contribution in [0.25, 0.3) is 22.8 Å². The molecule has 2 amide bonds. The van der Waals surface area contributed by atoms with Crippen LogP contribution in [0.3, 0.4) is 0 Å². The summed E-state index contributed by atoms with van der Waals surface area (Å²) in [6, 6.07) is 31.3. The van der Waals surface area contributed by atoms with Gasteiger partial charge in [0.15, 0.2) is 22.0 Å². The number of thioether (sulfide) groups is 2. The average Bonchev–Trinajstić information content (AvgIpc) is 4.07. The topological polar surface area (TPSA) is 137 Å². The second-order valence-electron chi connectivity index (χ2n) is 13.5. The van der Waals surface area contributed by atoms with Gasteiger partial charge in [0.05, 0.1) is 36.0 Å². The Morgan fingerprint density at radius 1 is 0.855 bits per heavy atom. The van der Waals surface area contributed by atoms with Gasteiger partial charge in [-0.15, -0.1) is 20.4 Å². The van der Waals surface area contributed by atoms with Gasteiger partial charge in [-0.25, -0.2) is 0 Å². The van der Waals surface area contributed by atoms with Crippen LogP contribution in [-0.4, -0.2) is 58.9 Å². The normalized spacial score (nSPS) is 16.7. The molecule has 2 unspecified atom stereocenters. The van der Waals surface area contributed by atoms with Crippen LogP contribution in [0.15, 0.2) is 141 Å². The Bertz CT molecular complexity index is 2380. The molecule has 4 heterocycles. The minimum absolute atomic E-state index is 0.0300. The molecule has 2 atom stereocenters. The van der Waals surface area contributed by atoms with Gasteiger partial charge < -0.3 is 23.6 Å². The summed E-state index contributed by atoms with van der Waals surface area (Å²) in [5.74, 6) is 1.51. The molecule has 1 fully saturated rings. The lowest BCUT2D eigenvalue weighted by molar-refractivity contribution is -0.120. The standard InChI is InChI=1S/C41H38N8O4S2/c1-47(34-14-7-4-8-15-34)38(51)41(55-39-45-43-36(48(39)2)31-17-20-52-25-31)19-16-30(23-41)29-11-9-10-28(22-29)24-49-37(32-18-21-53-26-32)44-46-40(49)54-27-35(50)42-33-12-5-3-6-13-33/h3-15,17-18,20-22,25-26,30H,16,19,23-24,27H2,1-2H3,(H,42,50). The first-order valence-corrected chi connectivity index (χ1v) is 19.6. The highest BCUT2D eigenvalue weighted by molar-refractivity contribution is 8.01. The zero-order valence-corrected chi connectivity index (χ0v) is 31.9. The highest BCUT2D eigenvalue weighted by Crippen LogP contribution is 2.52. The van der Waals surface area contributed by atoms with E-state index in [0.717, 1.165) is 40.0 Å². The Kier molecular flexibility index (Phi) is 10.4. The molecule has 0 bridgehead atoms. The summed E-state index contributed by atoms with van der Waals surface area (Å²) in [6.45, 7) is 0.474. The summed E-state index contributed by atoms with van der Waals surface area (Å²) in [5, 5.41) is 22.2. The molecule has 55 heavy (non-hydrogen) atoms. The Morgan fingerprint density at radius 3 is 2.27 bits per heavy atom. The number of anilines is 2. The van der Waals surface area contributed by atoms with Crippen molar-refractivity contribution in [3.05, 3.63) is 133 Å². The molecule has 12 nitrogen and oxygen atoms in total. The number of rotatable bonds is 13. The molecule has 0 radical (unpaired) electrons. The number of carbonyl (C=O) groups is 2. The van der Waals surface area contributed by atoms with Crippen molar-refractivity contribution in [2.24, 2.45) is 7.05 Å². The van der Waals surface area contributed by atoms with Crippen molar-refractivity contribution < 1.29 is 18.4 Å². The Hall–Kier alpha value is -5.86. The zero-order chi connectivity index (χ0) is 37.8. The molecule has 0 saturated heterocycles. The van der Waals surface area contributed by atoms with Gasteiger partial charge >= 0.3 is 0 Å². The first kappa shape index (κ1) is 36.1. The summed E-state index contributed by atoms with van der Waals surface area (Å²) < 4.78 is 13.9. The predicted molar refractivity (Wildman–Crippen MR) is 213 cm³/mol. The van der Waals surface area contributed by atoms with E-state index in [-0.39, 0.29) is 23.5 Å². The summed E-state index contributed by atoms with van der Waals surface area (Å²) in [6.07, 6.45) is 8.61. The quantitative estimate of drug-likeness (QED) is 0.114. The van der Waals surface area contributed by atoms with Gasteiger partial charge in [-0.3, -0.25) is 14.2 Å². The van der Waals surface area contributed by atoms with E-state index in [9.17, 15) is 9.59 Å². The highest BCUT2D eigenvalue weighted by Gasteiger charge is 2.49. The van der Waals surface area contributed by atoms with Gasteiger partial charge in [-0.1, -0.05) is 84.2 Å². The van der Waals surface area contributed by atoms with E-state index in [1.54, 1.807) is 30.0 Å². The van der Waals surface area contributed by atoms with Crippen molar-refractivity contribution >= 4 is 46.7 Å². The number of carbonyl (C=O) groups excluding carboxylic acids is 2. The van der Waals surface area contributed by atoms with E-state index in [1.165, 1.54) is 23.5 Å². The van der Waals surface area contributed by atoms with E-state index >= 15 is 0 Å². The van der Waals surface area contributed by atoms with Gasteiger partial charge in [0.2, 0.25) is 11.8 Å². The summed E-state index contributed by atoms with van der Waals surface area (Å²) >= 11 is 2.83. The SMILES string of the molecule is CN(C(=O)C1(Sc2nnc(-c3ccoc3)n2C)CCC(c2cccc(Cn3c(SCC(=O)Nc4ccccc4)nnc3-c3ccoc3)c2)C1)c1ccccc1. The van der Waals surface area contributed by atoms with E-state index in [4.69, 9.17) is 8.83 Å². The Morgan fingerprint density at radius 2 is 1.55 bits per heavy atom. The zero-order valence-electron chi connectivity index (χ0n) is 30.2. The highest BCUT2D eigenvalue weighted by atomic mass is 32.2. The third kappa shape index (κ3) is 7.73. The Balaban J connectivity index is 1.05. The van der Waals surface area contributed by atoms with E-state index in [0.29, 0.717) is 41.3 Å². The fourth-order valence-corrected chi connectivity index (χ4v) is 9.16. The van der Waals surface area contributed by atoms with Crippen LogP contribution in [-0.2, 0) is 23.2 Å². The van der Waals surface area contributed by atoms with Crippen LogP contribution in [0.1, 0.15) is 36.3 Å². The molecular formula is C41H38N8O4S2. The molecule has 8 rings (SSSR count). The van der Waals surface area contributed by atoms with Gasteiger partial charge in [0.25, 0.3) is 0 Å². The third-order valence-electron chi connectivity index (χ3n) is 9.86. The fraction of sp³-hybridized carbons (Fsp3) is 0.220. The van der Waals surface area contributed by atoms with Crippen LogP contribution < -0.4 is 10.2 Å². The molecular weight excluding hydrogens is 733 g/mol. The van der Waals surface area contributed by atoms with Crippen LogP contribution in [0.4, 0.5) is 11.4 Å². The van der Waals surface area contributed by atoms with Crippen LogP contribution in [0.5, 0.6) is 0 Å². The predicted octanol–water partition coefficient (Wildman–Crippen LogP) is 8.17. The monoisotopic (exact) mass is 770 g/mol. The van der Waals surface area contributed by atoms with Crippen LogP contribution >= 0.6 is 23.5 Å². The number of amides is 2. The first-order valence-electron chi connectivity index (χ1n) is 17.8. The molecule has 0 spiro atoms. The maximum atomic E-state index is 14.7. The lowest BCUT2D eigenvalue weighted by Gasteiger charge is -2.32. The molecule has 4 aromatic heterocycles. The molecule has 0 aliphatic heterocycles. The smallest absolute Gasteiger partial charge is 0.243 e. The van der Waals surface area contributed by atoms with E-state index < -0.39 is 4.75 Å². The summed E-state index contributed by atoms with van der Waals surface area (Å²) in [4.78, 5) is 29.3. The van der Waals surface area contributed by atoms with Crippen LogP contribution in [0, 0.1) is 0 Å². The number of nitrogens with one attached hydrogen (secondary N) is 1. The Labute approximate surface area is 326 Å². The van der Waals surface area contributed by atoms with Crippen molar-refractivity contribution in [2.75, 3.05) is 23.0 Å². The largest absolute Gasteiger partial charge is 0.472 e. The molecule has 1 saturated carbocycles. The average molecular weight is 771 g/mol. The third-order valence-corrected chi connectivity index (χ3v) is 12.3. The van der Waals surface area contributed by atoms with Crippen molar-refractivity contribution in [2.45, 2.75) is 46.8 Å². The molecule has 1 aliphatic carbocycles. The second kappa shape index (κ2) is 15.9. The molecule has 1 N–H and O–H groups in total. The number of para-hydroxylation sites is 2. The van der Waals surface area contributed by atoms with Gasteiger partial charge in [-0.2, -0.15) is 0 Å². The molecule has 1 aliphatic rings. The molecule has 278 valence electrons. The lowest BCUT2D eigenvalue weighted by atomic mass is 9.94. The van der Waals surface area contributed by atoms with Crippen molar-refractivity contribution in [3.63, 3.8) is 0 Å². The molecule has 7 aromatic rings. The van der Waals surface area contributed by atoms with E-state index in [1.807, 2.05) is 96.0 Å². The maximum Gasteiger partial charge on any atom is 0.243 e. The number of hydrogen-bond acceptors (Lipinski definition) is 10. The number of furan rings is 2. The summed E-state index contributed by atoms with van der Waals surface area (Å²) in [7, 11) is 3.77. The van der Waals surface area contributed by atoms with Crippen LogP contribution in [0.2, 0.25) is 0 Å². The number of benzene rings is 3. The molecule has 3 aromatic carbocycles. The number of hydrogen-bond donors (Lipinski definition) is 1. The molecule has 14 heteroatoms. The lowest BCUT2D eigenvalue weighted by Crippen LogP contribution is -2.44. The van der Waals surface area contributed by atoms with Crippen molar-refractivity contribution in [3.8, 4) is 22.8 Å². The minimum atomic E-state index is -0.785. The van der Waals surface area contributed by atoms with Crippen molar-refractivity contribution in [1.82, 2.24) is 29.5 Å². The van der Waals surface area contributed by atoms with Crippen molar-refractivity contribution in [1.29, 1.82) is 0 Å². The van der Waals surface area contributed by atoms with E-state index in [2.05, 4.69) is 50.0 Å². The summed E-state index contributed by atoms with van der Waals surface area (Å²) in [5.41, 5.74) is 5.40. The fourth-order valence-electron chi connectivity index (χ4n) is 7.04. The van der Waals surface area contributed by atoms with Gasteiger partial charge in [0.1, 0.15) is 17.3 Å². The maximum absolute atomic E-state index is 14.7. The number of nitrogens with zero attached hydrogens (tertiary/aromatic N) is 7.